The first-order valence-corrected chi connectivity index (χ1v) is 8.99. The summed E-state index contributed by atoms with van der Waals surface area (Å²) in [4.78, 5) is 11.0. The number of hydrogen-bond donors (Lipinski definition) is 0. The molecule has 3 heteroatoms. The highest BCUT2D eigenvalue weighted by molar-refractivity contribution is 5.86. The molecule has 0 saturated heterocycles. The van der Waals surface area contributed by atoms with Crippen LogP contribution in [0.2, 0.25) is 0 Å². The summed E-state index contributed by atoms with van der Waals surface area (Å²) in [5.41, 5.74) is 1.30. The SMILES string of the molecule is CCCC1CCC(c2ccc3c(F)c(OC(C)=O)ccc3c2)CC1. The second kappa shape index (κ2) is 7.33. The van der Waals surface area contributed by atoms with Crippen molar-refractivity contribution in [3.63, 3.8) is 0 Å². The zero-order valence-electron chi connectivity index (χ0n) is 14.5. The van der Waals surface area contributed by atoms with Gasteiger partial charge in [-0.05, 0) is 54.5 Å². The summed E-state index contributed by atoms with van der Waals surface area (Å²) in [6.45, 7) is 3.54. The van der Waals surface area contributed by atoms with Crippen LogP contribution in [0.3, 0.4) is 0 Å². The summed E-state index contributed by atoms with van der Waals surface area (Å²) in [5, 5.41) is 1.38. The van der Waals surface area contributed by atoms with Gasteiger partial charge < -0.3 is 4.74 Å². The van der Waals surface area contributed by atoms with Crippen LogP contribution in [0, 0.1) is 11.7 Å². The zero-order chi connectivity index (χ0) is 17.1. The largest absolute Gasteiger partial charge is 0.424 e. The van der Waals surface area contributed by atoms with Gasteiger partial charge in [-0.25, -0.2) is 4.39 Å². The monoisotopic (exact) mass is 328 g/mol. The third-order valence-electron chi connectivity index (χ3n) is 5.21. The summed E-state index contributed by atoms with van der Waals surface area (Å²) >= 11 is 0. The lowest BCUT2D eigenvalue weighted by atomic mass is 9.77. The molecule has 3 rings (SSSR count). The Morgan fingerprint density at radius 1 is 1.17 bits per heavy atom. The average molecular weight is 328 g/mol. The van der Waals surface area contributed by atoms with Gasteiger partial charge in [0.2, 0.25) is 0 Å². The molecule has 0 bridgehead atoms. The molecule has 2 nitrogen and oxygen atoms in total. The van der Waals surface area contributed by atoms with E-state index < -0.39 is 11.8 Å². The number of halogens is 1. The van der Waals surface area contributed by atoms with E-state index in [4.69, 9.17) is 4.74 Å². The topological polar surface area (TPSA) is 26.3 Å². The van der Waals surface area contributed by atoms with Crippen LogP contribution in [0.4, 0.5) is 4.39 Å². The molecule has 0 N–H and O–H groups in total. The molecule has 128 valence electrons. The van der Waals surface area contributed by atoms with Crippen molar-refractivity contribution in [3.05, 3.63) is 41.7 Å². The van der Waals surface area contributed by atoms with Gasteiger partial charge in [0.25, 0.3) is 0 Å². The van der Waals surface area contributed by atoms with E-state index in [1.54, 1.807) is 6.07 Å². The van der Waals surface area contributed by atoms with E-state index in [9.17, 15) is 9.18 Å². The Morgan fingerprint density at radius 3 is 2.58 bits per heavy atom. The van der Waals surface area contributed by atoms with E-state index in [1.807, 2.05) is 18.2 Å². The van der Waals surface area contributed by atoms with Crippen molar-refractivity contribution < 1.29 is 13.9 Å². The molecular formula is C21H25FO2. The highest BCUT2D eigenvalue weighted by Gasteiger charge is 2.22. The molecule has 0 aromatic heterocycles. The summed E-state index contributed by atoms with van der Waals surface area (Å²) in [6, 6.07) is 9.34. The summed E-state index contributed by atoms with van der Waals surface area (Å²) in [6.07, 6.45) is 7.67. The molecule has 0 unspecified atom stereocenters. The Bertz CT molecular complexity index is 730. The Kier molecular flexibility index (Phi) is 5.17. The van der Waals surface area contributed by atoms with Crippen molar-refractivity contribution in [2.75, 3.05) is 0 Å². The molecule has 0 radical (unpaired) electrons. The van der Waals surface area contributed by atoms with Crippen molar-refractivity contribution in [2.24, 2.45) is 5.92 Å². The lowest BCUT2D eigenvalue weighted by molar-refractivity contribution is -0.132. The fraction of sp³-hybridized carbons (Fsp3) is 0.476. The van der Waals surface area contributed by atoms with Crippen LogP contribution in [0.5, 0.6) is 5.75 Å². The number of esters is 1. The van der Waals surface area contributed by atoms with Crippen LogP contribution >= 0.6 is 0 Å². The molecule has 1 aliphatic rings. The van der Waals surface area contributed by atoms with Gasteiger partial charge in [-0.2, -0.15) is 0 Å². The minimum atomic E-state index is -0.506. The molecule has 0 amide bonds. The van der Waals surface area contributed by atoms with Gasteiger partial charge in [0, 0.05) is 12.3 Å². The predicted octanol–water partition coefficient (Wildman–Crippen LogP) is 5.98. The second-order valence-electron chi connectivity index (χ2n) is 6.96. The van der Waals surface area contributed by atoms with Crippen molar-refractivity contribution in [1.29, 1.82) is 0 Å². The summed E-state index contributed by atoms with van der Waals surface area (Å²) < 4.78 is 19.4. The Balaban J connectivity index is 1.81. The van der Waals surface area contributed by atoms with E-state index in [2.05, 4.69) is 13.0 Å². The second-order valence-corrected chi connectivity index (χ2v) is 6.96. The number of carbonyl (C=O) groups is 1. The smallest absolute Gasteiger partial charge is 0.308 e. The molecule has 0 aliphatic heterocycles. The normalized spacial score (nSPS) is 21.0. The molecule has 24 heavy (non-hydrogen) atoms. The third-order valence-corrected chi connectivity index (χ3v) is 5.21. The van der Waals surface area contributed by atoms with Crippen LogP contribution in [0.15, 0.2) is 30.3 Å². The van der Waals surface area contributed by atoms with Crippen LogP contribution in [0.25, 0.3) is 10.8 Å². The van der Waals surface area contributed by atoms with Crippen molar-refractivity contribution >= 4 is 16.7 Å². The molecule has 1 aliphatic carbocycles. The number of hydrogen-bond acceptors (Lipinski definition) is 2. The maximum absolute atomic E-state index is 14.5. The molecule has 2 aromatic rings. The molecule has 1 saturated carbocycles. The Labute approximate surface area is 143 Å². The van der Waals surface area contributed by atoms with Crippen molar-refractivity contribution in [2.45, 2.75) is 58.3 Å². The first kappa shape index (κ1) is 16.9. The fourth-order valence-corrected chi connectivity index (χ4v) is 3.97. The fourth-order valence-electron chi connectivity index (χ4n) is 3.97. The van der Waals surface area contributed by atoms with Gasteiger partial charge in [-0.1, -0.05) is 44.0 Å². The van der Waals surface area contributed by atoms with E-state index >= 15 is 0 Å². The Hall–Kier alpha value is -1.90. The lowest BCUT2D eigenvalue weighted by Gasteiger charge is -2.28. The molecule has 0 heterocycles. The maximum Gasteiger partial charge on any atom is 0.308 e. The highest BCUT2D eigenvalue weighted by Crippen LogP contribution is 2.39. The predicted molar refractivity (Wildman–Crippen MR) is 94.8 cm³/mol. The number of fused-ring (bicyclic) bond motifs is 1. The maximum atomic E-state index is 14.5. The van der Waals surface area contributed by atoms with E-state index in [1.165, 1.54) is 51.0 Å². The first-order chi connectivity index (χ1) is 11.6. The van der Waals surface area contributed by atoms with E-state index in [0.29, 0.717) is 11.3 Å². The minimum absolute atomic E-state index is 0.00261. The van der Waals surface area contributed by atoms with Gasteiger partial charge in [-0.3, -0.25) is 4.79 Å². The first-order valence-electron chi connectivity index (χ1n) is 8.99. The summed E-state index contributed by atoms with van der Waals surface area (Å²) in [7, 11) is 0. The standard InChI is InChI=1S/C21H25FO2/c1-3-4-15-5-7-16(8-6-15)17-9-11-19-18(13-17)10-12-20(21(19)22)24-14(2)23/h9-13,15-16H,3-8H2,1-2H3. The van der Waals surface area contributed by atoms with E-state index in [0.717, 1.165) is 11.3 Å². The number of rotatable bonds is 4. The lowest BCUT2D eigenvalue weighted by Crippen LogP contribution is -2.13. The molecule has 0 atom stereocenters. The summed E-state index contributed by atoms with van der Waals surface area (Å²) in [5.74, 6) is 0.506. The molecule has 0 spiro atoms. The zero-order valence-corrected chi connectivity index (χ0v) is 14.5. The van der Waals surface area contributed by atoms with Crippen molar-refractivity contribution in [1.82, 2.24) is 0 Å². The number of carbonyl (C=O) groups excluding carboxylic acids is 1. The molecule has 2 aromatic carbocycles. The van der Waals surface area contributed by atoms with Crippen LogP contribution < -0.4 is 4.74 Å². The van der Waals surface area contributed by atoms with Crippen LogP contribution in [-0.4, -0.2) is 5.97 Å². The number of benzene rings is 2. The highest BCUT2D eigenvalue weighted by atomic mass is 19.1. The van der Waals surface area contributed by atoms with Gasteiger partial charge in [0.05, 0.1) is 0 Å². The quantitative estimate of drug-likeness (QED) is 0.510. The average Bonchev–Trinajstić information content (AvgIpc) is 2.58. The Morgan fingerprint density at radius 2 is 1.92 bits per heavy atom. The minimum Gasteiger partial charge on any atom is -0.424 e. The number of ether oxygens (including phenoxy) is 1. The third kappa shape index (κ3) is 3.61. The van der Waals surface area contributed by atoms with Gasteiger partial charge in [-0.15, -0.1) is 0 Å². The van der Waals surface area contributed by atoms with Gasteiger partial charge >= 0.3 is 5.97 Å². The van der Waals surface area contributed by atoms with Crippen molar-refractivity contribution in [3.8, 4) is 5.75 Å². The van der Waals surface area contributed by atoms with E-state index in [-0.39, 0.29) is 5.75 Å². The van der Waals surface area contributed by atoms with Crippen LogP contribution in [0.1, 0.15) is 63.9 Å². The van der Waals surface area contributed by atoms with Crippen LogP contribution in [-0.2, 0) is 4.79 Å². The van der Waals surface area contributed by atoms with Gasteiger partial charge in [0.1, 0.15) is 0 Å². The molecule has 1 fully saturated rings. The van der Waals surface area contributed by atoms with Gasteiger partial charge in [0.15, 0.2) is 11.6 Å². The molecular weight excluding hydrogens is 303 g/mol.